The van der Waals surface area contributed by atoms with Crippen LogP contribution in [0.3, 0.4) is 0 Å². The Morgan fingerprint density at radius 2 is 2.35 bits per heavy atom. The van der Waals surface area contributed by atoms with Gasteiger partial charge in [-0.05, 0) is 31.0 Å². The molecule has 0 saturated carbocycles. The van der Waals surface area contributed by atoms with E-state index < -0.39 is 0 Å². The summed E-state index contributed by atoms with van der Waals surface area (Å²) in [6.45, 7) is 1.63. The van der Waals surface area contributed by atoms with Gasteiger partial charge in [-0.1, -0.05) is 12.1 Å². The van der Waals surface area contributed by atoms with E-state index in [-0.39, 0.29) is 6.10 Å². The molecule has 3 aromatic rings. The molecule has 1 aliphatic heterocycles. The summed E-state index contributed by atoms with van der Waals surface area (Å²) in [5, 5.41) is 11.6. The second-order valence-electron chi connectivity index (χ2n) is 5.57. The van der Waals surface area contributed by atoms with Gasteiger partial charge in [0.2, 0.25) is 0 Å². The van der Waals surface area contributed by atoms with Gasteiger partial charge in [0.25, 0.3) is 0 Å². The van der Waals surface area contributed by atoms with Crippen LogP contribution >= 0.6 is 11.3 Å². The van der Waals surface area contributed by atoms with Gasteiger partial charge in [0, 0.05) is 35.1 Å². The van der Waals surface area contributed by atoms with Crippen molar-refractivity contribution in [3.8, 4) is 11.3 Å². The first kappa shape index (κ1) is 14.4. The summed E-state index contributed by atoms with van der Waals surface area (Å²) < 4.78 is 5.69. The molecule has 0 aliphatic carbocycles. The highest BCUT2D eigenvalue weighted by atomic mass is 32.1. The summed E-state index contributed by atoms with van der Waals surface area (Å²) in [6, 6.07) is 10.3. The van der Waals surface area contributed by atoms with Crippen molar-refractivity contribution in [3.05, 3.63) is 52.6 Å². The van der Waals surface area contributed by atoms with E-state index in [4.69, 9.17) is 4.74 Å². The van der Waals surface area contributed by atoms with Crippen molar-refractivity contribution in [2.75, 3.05) is 11.9 Å². The third-order valence-corrected chi connectivity index (χ3v) is 5.01. The highest BCUT2D eigenvalue weighted by molar-refractivity contribution is 7.11. The number of ether oxygens (including phenoxy) is 1. The van der Waals surface area contributed by atoms with E-state index in [2.05, 4.69) is 38.7 Å². The van der Waals surface area contributed by atoms with Gasteiger partial charge in [-0.2, -0.15) is 5.10 Å². The van der Waals surface area contributed by atoms with Crippen molar-refractivity contribution in [2.24, 2.45) is 0 Å². The molecule has 5 nitrogen and oxygen atoms in total. The van der Waals surface area contributed by atoms with Gasteiger partial charge in [0.1, 0.15) is 11.1 Å². The average molecular weight is 326 g/mol. The van der Waals surface area contributed by atoms with E-state index in [0.717, 1.165) is 47.9 Å². The molecule has 2 N–H and O–H groups in total. The quantitative estimate of drug-likeness (QED) is 0.744. The third kappa shape index (κ3) is 3.28. The SMILES string of the molecule is c1cc(NCc2cnc(C3CCCO3)s2)cc(-c2ccn[nH]2)c1. The number of thiazole rings is 1. The fourth-order valence-electron chi connectivity index (χ4n) is 2.73. The smallest absolute Gasteiger partial charge is 0.122 e. The van der Waals surface area contributed by atoms with E-state index in [1.807, 2.05) is 18.3 Å². The molecule has 0 radical (unpaired) electrons. The molecule has 6 heteroatoms. The maximum Gasteiger partial charge on any atom is 0.122 e. The zero-order valence-corrected chi connectivity index (χ0v) is 13.5. The Morgan fingerprint density at radius 3 is 3.17 bits per heavy atom. The van der Waals surface area contributed by atoms with Crippen LogP contribution in [-0.2, 0) is 11.3 Å². The minimum Gasteiger partial charge on any atom is -0.380 e. The zero-order valence-electron chi connectivity index (χ0n) is 12.7. The van der Waals surface area contributed by atoms with Gasteiger partial charge in [-0.15, -0.1) is 11.3 Å². The van der Waals surface area contributed by atoms with E-state index >= 15 is 0 Å². The molecule has 23 heavy (non-hydrogen) atoms. The molecule has 0 amide bonds. The van der Waals surface area contributed by atoms with Crippen LogP contribution in [0.15, 0.2) is 42.7 Å². The Balaban J connectivity index is 1.42. The fourth-order valence-corrected chi connectivity index (χ4v) is 3.67. The van der Waals surface area contributed by atoms with Crippen molar-refractivity contribution in [1.82, 2.24) is 15.2 Å². The number of benzene rings is 1. The Morgan fingerprint density at radius 1 is 1.35 bits per heavy atom. The molecule has 1 atom stereocenters. The van der Waals surface area contributed by atoms with Gasteiger partial charge in [-0.3, -0.25) is 5.10 Å². The monoisotopic (exact) mass is 326 g/mol. The summed E-state index contributed by atoms with van der Waals surface area (Å²) in [6.07, 6.45) is 6.15. The third-order valence-electron chi connectivity index (χ3n) is 3.92. The van der Waals surface area contributed by atoms with Gasteiger partial charge in [0.15, 0.2) is 0 Å². The molecule has 0 spiro atoms. The molecule has 1 saturated heterocycles. The summed E-state index contributed by atoms with van der Waals surface area (Å²) in [5.74, 6) is 0. The van der Waals surface area contributed by atoms with E-state index in [0.29, 0.717) is 0 Å². The molecular formula is C17H18N4OS. The first-order valence-electron chi connectivity index (χ1n) is 7.78. The van der Waals surface area contributed by atoms with Gasteiger partial charge < -0.3 is 10.1 Å². The highest BCUT2D eigenvalue weighted by Crippen LogP contribution is 2.31. The van der Waals surface area contributed by atoms with Crippen molar-refractivity contribution >= 4 is 17.0 Å². The number of nitrogens with zero attached hydrogens (tertiary/aromatic N) is 2. The van der Waals surface area contributed by atoms with E-state index in [1.165, 1.54) is 4.88 Å². The summed E-state index contributed by atoms with van der Waals surface area (Å²) >= 11 is 1.74. The topological polar surface area (TPSA) is 62.8 Å². The molecule has 1 fully saturated rings. The summed E-state index contributed by atoms with van der Waals surface area (Å²) in [5.41, 5.74) is 3.23. The Hall–Kier alpha value is -2.18. The van der Waals surface area contributed by atoms with E-state index in [9.17, 15) is 0 Å². The maximum absolute atomic E-state index is 5.69. The highest BCUT2D eigenvalue weighted by Gasteiger charge is 2.20. The molecule has 2 aromatic heterocycles. The molecule has 4 rings (SSSR count). The fraction of sp³-hybridized carbons (Fsp3) is 0.294. The number of hydrogen-bond acceptors (Lipinski definition) is 5. The number of nitrogens with one attached hydrogen (secondary N) is 2. The second kappa shape index (κ2) is 6.52. The van der Waals surface area contributed by atoms with Gasteiger partial charge >= 0.3 is 0 Å². The number of H-pyrrole nitrogens is 1. The lowest BCUT2D eigenvalue weighted by molar-refractivity contribution is 0.111. The van der Waals surface area contributed by atoms with Crippen molar-refractivity contribution < 1.29 is 4.74 Å². The number of aromatic nitrogens is 3. The molecule has 118 valence electrons. The molecule has 3 heterocycles. The van der Waals surface area contributed by atoms with Crippen molar-refractivity contribution in [3.63, 3.8) is 0 Å². The van der Waals surface area contributed by atoms with Crippen LogP contribution in [0.2, 0.25) is 0 Å². The van der Waals surface area contributed by atoms with Crippen LogP contribution in [0.25, 0.3) is 11.3 Å². The Bertz CT molecular complexity index is 763. The second-order valence-corrected chi connectivity index (χ2v) is 6.72. The number of anilines is 1. The number of rotatable bonds is 5. The number of hydrogen-bond donors (Lipinski definition) is 2. The zero-order chi connectivity index (χ0) is 15.5. The van der Waals surface area contributed by atoms with Crippen molar-refractivity contribution in [2.45, 2.75) is 25.5 Å². The molecule has 0 bridgehead atoms. The molecule has 1 aliphatic rings. The Kier molecular flexibility index (Phi) is 4.08. The molecule has 1 unspecified atom stereocenters. The predicted octanol–water partition coefficient (Wildman–Crippen LogP) is 4.00. The maximum atomic E-state index is 5.69. The molecule has 1 aromatic carbocycles. The Labute approximate surface area is 138 Å². The number of aromatic amines is 1. The largest absolute Gasteiger partial charge is 0.380 e. The van der Waals surface area contributed by atoms with Crippen LogP contribution in [-0.4, -0.2) is 21.8 Å². The average Bonchev–Trinajstić information content (AvgIpc) is 3.35. The lowest BCUT2D eigenvalue weighted by Crippen LogP contribution is -1.97. The predicted molar refractivity (Wildman–Crippen MR) is 91.4 cm³/mol. The first-order valence-corrected chi connectivity index (χ1v) is 8.60. The van der Waals surface area contributed by atoms with Crippen molar-refractivity contribution in [1.29, 1.82) is 0 Å². The lowest BCUT2D eigenvalue weighted by Gasteiger charge is -2.06. The van der Waals surface area contributed by atoms with Crippen LogP contribution < -0.4 is 5.32 Å². The minimum absolute atomic E-state index is 0.206. The summed E-state index contributed by atoms with van der Waals surface area (Å²) in [4.78, 5) is 5.73. The van der Waals surface area contributed by atoms with Gasteiger partial charge in [0.05, 0.1) is 12.2 Å². The van der Waals surface area contributed by atoms with Crippen LogP contribution in [0.1, 0.15) is 28.8 Å². The lowest BCUT2D eigenvalue weighted by atomic mass is 10.1. The van der Waals surface area contributed by atoms with Crippen LogP contribution in [0, 0.1) is 0 Å². The minimum atomic E-state index is 0.206. The van der Waals surface area contributed by atoms with Crippen LogP contribution in [0.5, 0.6) is 0 Å². The van der Waals surface area contributed by atoms with E-state index in [1.54, 1.807) is 17.5 Å². The van der Waals surface area contributed by atoms with Crippen LogP contribution in [0.4, 0.5) is 5.69 Å². The molecular weight excluding hydrogens is 308 g/mol. The standard InChI is InChI=1S/C17H18N4OS/c1-3-12(15-6-7-20-21-15)9-13(4-1)18-10-14-11-19-17(23-14)16-5-2-8-22-16/h1,3-4,6-7,9,11,16,18H,2,5,8,10H2,(H,20,21). The van der Waals surface area contributed by atoms with Gasteiger partial charge in [-0.25, -0.2) is 4.98 Å². The first-order chi connectivity index (χ1) is 11.4. The normalized spacial score (nSPS) is 17.5. The summed E-state index contributed by atoms with van der Waals surface area (Å²) in [7, 11) is 0.